The molecule has 0 radical (unpaired) electrons. The first-order chi connectivity index (χ1) is 10.3. The summed E-state index contributed by atoms with van der Waals surface area (Å²) in [7, 11) is 0. The van der Waals surface area contributed by atoms with Gasteiger partial charge in [0.25, 0.3) is 0 Å². The number of benzene rings is 1. The lowest BCUT2D eigenvalue weighted by atomic mass is 9.91. The van der Waals surface area contributed by atoms with Gasteiger partial charge in [-0.25, -0.2) is 0 Å². The van der Waals surface area contributed by atoms with Gasteiger partial charge in [0.2, 0.25) is 0 Å². The Morgan fingerprint density at radius 1 is 1.17 bits per heavy atom. The molecule has 140 valence electrons. The smallest absolute Gasteiger partial charge is 0.314 e. The lowest BCUT2D eigenvalue weighted by Crippen LogP contribution is -2.45. The number of hydrogen-bond donors (Lipinski definition) is 1. The molecule has 8 heteroatoms. The quantitative estimate of drug-likeness (QED) is 0.738. The third kappa shape index (κ3) is 6.26. The lowest BCUT2D eigenvalue weighted by molar-refractivity contribution is -0.138. The highest BCUT2D eigenvalue weighted by atomic mass is 35.5. The number of halogens is 6. The summed E-state index contributed by atoms with van der Waals surface area (Å²) in [4.78, 5) is 2.15. The van der Waals surface area contributed by atoms with Gasteiger partial charge in [-0.15, -0.1) is 24.8 Å². The Morgan fingerprint density at radius 3 is 2.25 bits per heavy atom. The van der Waals surface area contributed by atoms with Crippen LogP contribution in [0.4, 0.5) is 13.2 Å². The molecule has 0 unspecified atom stereocenters. The number of alkyl halides is 3. The van der Waals surface area contributed by atoms with E-state index in [2.05, 4.69) is 10.2 Å². The van der Waals surface area contributed by atoms with Gasteiger partial charge in [-0.1, -0.05) is 31.5 Å². The molecular formula is C16H24Cl3F3N2. The van der Waals surface area contributed by atoms with Crippen LogP contribution in [0.15, 0.2) is 18.2 Å². The minimum Gasteiger partial charge on any atom is -0.314 e. The standard InChI is InChI=1S/C16H22ClF3N2.2ClH/c1-11(2)9-15(22-7-5-21-6-8-22)13-4-3-12(17)10-14(13)16(18,19)20;;/h3-4,10-11,15,21H,5-9H2,1-2H3;2*1H/t15-;;/m1../s1. The lowest BCUT2D eigenvalue weighted by Gasteiger charge is -2.37. The molecule has 1 aromatic carbocycles. The Bertz CT molecular complexity index is 504. The zero-order chi connectivity index (χ0) is 16.3. The summed E-state index contributed by atoms with van der Waals surface area (Å²) < 4.78 is 40.2. The molecule has 1 aliphatic rings. The molecule has 0 amide bonds. The van der Waals surface area contributed by atoms with Crippen molar-refractivity contribution in [2.75, 3.05) is 26.2 Å². The van der Waals surface area contributed by atoms with Crippen LogP contribution in [0.2, 0.25) is 5.02 Å². The molecule has 1 atom stereocenters. The molecule has 0 bridgehead atoms. The van der Waals surface area contributed by atoms with Crippen LogP contribution in [-0.4, -0.2) is 31.1 Å². The highest BCUT2D eigenvalue weighted by Gasteiger charge is 2.37. The fourth-order valence-electron chi connectivity index (χ4n) is 2.98. The van der Waals surface area contributed by atoms with Crippen molar-refractivity contribution in [1.29, 1.82) is 0 Å². The Morgan fingerprint density at radius 2 is 1.75 bits per heavy atom. The van der Waals surface area contributed by atoms with E-state index in [1.165, 1.54) is 0 Å². The minimum absolute atomic E-state index is 0. The highest BCUT2D eigenvalue weighted by molar-refractivity contribution is 6.30. The molecule has 1 saturated heterocycles. The van der Waals surface area contributed by atoms with E-state index in [0.717, 1.165) is 32.2 Å². The predicted octanol–water partition coefficient (Wildman–Crippen LogP) is 5.19. The number of nitrogens with zero attached hydrogens (tertiary/aromatic N) is 1. The minimum atomic E-state index is -4.39. The largest absolute Gasteiger partial charge is 0.416 e. The van der Waals surface area contributed by atoms with Crippen LogP contribution in [0, 0.1) is 5.92 Å². The molecule has 2 rings (SSSR count). The molecule has 2 nitrogen and oxygen atoms in total. The zero-order valence-electron chi connectivity index (χ0n) is 13.7. The maximum Gasteiger partial charge on any atom is 0.416 e. The molecule has 24 heavy (non-hydrogen) atoms. The Labute approximate surface area is 158 Å². The monoisotopic (exact) mass is 406 g/mol. The fraction of sp³-hybridized carbons (Fsp3) is 0.625. The van der Waals surface area contributed by atoms with Gasteiger partial charge in [-0.3, -0.25) is 4.90 Å². The number of nitrogens with one attached hydrogen (secondary N) is 1. The predicted molar refractivity (Wildman–Crippen MR) is 97.6 cm³/mol. The zero-order valence-corrected chi connectivity index (χ0v) is 16.1. The Balaban J connectivity index is 0.00000264. The summed E-state index contributed by atoms with van der Waals surface area (Å²) in [5, 5.41) is 3.37. The van der Waals surface area contributed by atoms with Crippen LogP contribution in [0.5, 0.6) is 0 Å². The van der Waals surface area contributed by atoms with Crippen LogP contribution in [0.1, 0.15) is 37.4 Å². The van der Waals surface area contributed by atoms with Gasteiger partial charge >= 0.3 is 6.18 Å². The van der Waals surface area contributed by atoms with Gasteiger partial charge < -0.3 is 5.32 Å². The summed E-state index contributed by atoms with van der Waals surface area (Å²) in [6.45, 7) is 7.22. The second-order valence-corrected chi connectivity index (χ2v) is 6.60. The van der Waals surface area contributed by atoms with Gasteiger partial charge in [0.05, 0.1) is 5.56 Å². The number of rotatable bonds is 4. The Kier molecular flexibility index (Phi) is 9.99. The van der Waals surface area contributed by atoms with Crippen molar-refractivity contribution in [2.45, 2.75) is 32.5 Å². The molecule has 1 N–H and O–H groups in total. The van der Waals surface area contributed by atoms with E-state index in [0.29, 0.717) is 17.9 Å². The van der Waals surface area contributed by atoms with Crippen LogP contribution in [0.3, 0.4) is 0 Å². The third-order valence-electron chi connectivity index (χ3n) is 3.97. The average Bonchev–Trinajstić information content (AvgIpc) is 2.45. The fourth-order valence-corrected chi connectivity index (χ4v) is 3.15. The molecule has 0 spiro atoms. The van der Waals surface area contributed by atoms with Gasteiger partial charge in [0.15, 0.2) is 0 Å². The number of piperazine rings is 1. The number of hydrogen-bond acceptors (Lipinski definition) is 2. The maximum atomic E-state index is 13.4. The van der Waals surface area contributed by atoms with Crippen molar-refractivity contribution in [3.8, 4) is 0 Å². The van der Waals surface area contributed by atoms with Gasteiger partial charge in [0, 0.05) is 37.2 Å². The first-order valence-electron chi connectivity index (χ1n) is 7.60. The van der Waals surface area contributed by atoms with Crippen molar-refractivity contribution in [1.82, 2.24) is 10.2 Å². The van der Waals surface area contributed by atoms with E-state index in [4.69, 9.17) is 11.6 Å². The van der Waals surface area contributed by atoms with Crippen LogP contribution in [-0.2, 0) is 6.18 Å². The van der Waals surface area contributed by atoms with E-state index in [1.807, 2.05) is 13.8 Å². The maximum absolute atomic E-state index is 13.4. The van der Waals surface area contributed by atoms with E-state index in [1.54, 1.807) is 12.1 Å². The molecule has 0 aliphatic carbocycles. The van der Waals surface area contributed by atoms with Crippen LogP contribution < -0.4 is 5.32 Å². The molecule has 1 heterocycles. The normalized spacial score (nSPS) is 17.1. The third-order valence-corrected chi connectivity index (χ3v) is 4.20. The topological polar surface area (TPSA) is 15.3 Å². The van der Waals surface area contributed by atoms with E-state index >= 15 is 0 Å². The van der Waals surface area contributed by atoms with Crippen molar-refractivity contribution >= 4 is 36.4 Å². The summed E-state index contributed by atoms with van der Waals surface area (Å²) in [6, 6.07) is 3.92. The second kappa shape index (κ2) is 10.1. The summed E-state index contributed by atoms with van der Waals surface area (Å²) >= 11 is 5.80. The first kappa shape index (κ1) is 23.8. The SMILES string of the molecule is CC(C)C[C@H](c1ccc(Cl)cc1C(F)(F)F)N1CCNCC1.Cl.Cl. The summed E-state index contributed by atoms with van der Waals surface area (Å²) in [5.41, 5.74) is -0.267. The van der Waals surface area contributed by atoms with Crippen LogP contribution >= 0.6 is 36.4 Å². The Hall–Kier alpha value is -0.200. The summed E-state index contributed by atoms with van der Waals surface area (Å²) in [5.74, 6) is 0.316. The molecule has 0 aromatic heterocycles. The molecule has 1 aromatic rings. The molecule has 0 saturated carbocycles. The van der Waals surface area contributed by atoms with Crippen molar-refractivity contribution in [3.63, 3.8) is 0 Å². The average molecular weight is 408 g/mol. The molecule has 1 fully saturated rings. The second-order valence-electron chi connectivity index (χ2n) is 6.16. The van der Waals surface area contributed by atoms with Gasteiger partial charge in [0.1, 0.15) is 0 Å². The summed E-state index contributed by atoms with van der Waals surface area (Å²) in [6.07, 6.45) is -3.69. The van der Waals surface area contributed by atoms with E-state index < -0.39 is 11.7 Å². The van der Waals surface area contributed by atoms with Gasteiger partial charge in [-0.2, -0.15) is 13.2 Å². The van der Waals surface area contributed by atoms with Crippen LogP contribution in [0.25, 0.3) is 0 Å². The molecule has 1 aliphatic heterocycles. The van der Waals surface area contributed by atoms with E-state index in [9.17, 15) is 13.2 Å². The molecular weight excluding hydrogens is 384 g/mol. The van der Waals surface area contributed by atoms with Crippen molar-refractivity contribution in [3.05, 3.63) is 34.3 Å². The first-order valence-corrected chi connectivity index (χ1v) is 7.98. The van der Waals surface area contributed by atoms with E-state index in [-0.39, 0.29) is 35.9 Å². The van der Waals surface area contributed by atoms with Crippen molar-refractivity contribution < 1.29 is 13.2 Å². The van der Waals surface area contributed by atoms with Crippen molar-refractivity contribution in [2.24, 2.45) is 5.92 Å². The highest BCUT2D eigenvalue weighted by Crippen LogP contribution is 2.40. The van der Waals surface area contributed by atoms with Gasteiger partial charge in [-0.05, 0) is 30.0 Å².